The molecule has 1 amide bonds. The third kappa shape index (κ3) is 3.95. The Balaban J connectivity index is 1.30. The van der Waals surface area contributed by atoms with E-state index < -0.39 is 21.4 Å². The van der Waals surface area contributed by atoms with Crippen molar-refractivity contribution in [3.8, 4) is 16.9 Å². The lowest BCUT2D eigenvalue weighted by Gasteiger charge is -2.36. The lowest BCUT2D eigenvalue weighted by atomic mass is 9.77. The Morgan fingerprint density at radius 3 is 2.53 bits per heavy atom. The van der Waals surface area contributed by atoms with Crippen LogP contribution in [0.5, 0.6) is 5.75 Å². The Labute approximate surface area is 208 Å². The highest BCUT2D eigenvalue weighted by atomic mass is 32.2. The van der Waals surface area contributed by atoms with Crippen LogP contribution in [0.1, 0.15) is 29.8 Å². The number of aromatic amines is 1. The summed E-state index contributed by atoms with van der Waals surface area (Å²) in [6.45, 7) is 0.901. The van der Waals surface area contributed by atoms with E-state index in [9.17, 15) is 18.0 Å². The van der Waals surface area contributed by atoms with Gasteiger partial charge < -0.3 is 18.8 Å². The molecule has 1 aromatic carbocycles. The van der Waals surface area contributed by atoms with Crippen LogP contribution < -0.4 is 9.64 Å². The van der Waals surface area contributed by atoms with Crippen LogP contribution in [0.3, 0.4) is 0 Å². The summed E-state index contributed by atoms with van der Waals surface area (Å²) in [4.78, 5) is 26.9. The average Bonchev–Trinajstić information content (AvgIpc) is 3.66. The number of hydrogen-bond acceptors (Lipinski definition) is 8. The zero-order valence-corrected chi connectivity index (χ0v) is 20.7. The molecule has 1 spiro atoms. The molecule has 3 aromatic rings. The number of nitrogens with zero attached hydrogens (tertiary/aromatic N) is 3. The number of piperidine rings is 1. The Bertz CT molecular complexity index is 1390. The van der Waals surface area contributed by atoms with Crippen molar-refractivity contribution in [3.05, 3.63) is 48.5 Å². The number of anilines is 1. The van der Waals surface area contributed by atoms with Gasteiger partial charge in [-0.2, -0.15) is 9.40 Å². The number of sulfonamides is 1. The van der Waals surface area contributed by atoms with Gasteiger partial charge in [-0.1, -0.05) is 0 Å². The number of furan rings is 1. The molecule has 0 atom stereocenters. The number of ether oxygens (including phenoxy) is 2. The minimum Gasteiger partial charge on any atom is -0.496 e. The van der Waals surface area contributed by atoms with Crippen LogP contribution >= 0.6 is 0 Å². The number of carbonyl (C=O) groups excluding carboxylic acids is 2. The highest BCUT2D eigenvalue weighted by Crippen LogP contribution is 2.45. The molecule has 12 heteroatoms. The molecule has 0 saturated carbocycles. The van der Waals surface area contributed by atoms with Crippen molar-refractivity contribution in [3.63, 3.8) is 0 Å². The summed E-state index contributed by atoms with van der Waals surface area (Å²) < 4.78 is 42.8. The van der Waals surface area contributed by atoms with Gasteiger partial charge in [0.1, 0.15) is 5.75 Å². The number of carbonyl (C=O) groups is 2. The second kappa shape index (κ2) is 9.10. The largest absolute Gasteiger partial charge is 0.496 e. The second-order valence-corrected chi connectivity index (χ2v) is 10.7. The predicted molar refractivity (Wildman–Crippen MR) is 128 cm³/mol. The molecule has 0 aliphatic carbocycles. The molecule has 5 rings (SSSR count). The molecular formula is C24H26N4O7S. The summed E-state index contributed by atoms with van der Waals surface area (Å²) in [5.41, 5.74) is 1.86. The molecule has 2 aliphatic rings. The summed E-state index contributed by atoms with van der Waals surface area (Å²) in [6, 6.07) is 8.15. The fourth-order valence-corrected chi connectivity index (χ4v) is 6.32. The van der Waals surface area contributed by atoms with Crippen LogP contribution in [-0.2, 0) is 19.6 Å². The molecule has 2 saturated heterocycles. The molecule has 2 aliphatic heterocycles. The van der Waals surface area contributed by atoms with Crippen molar-refractivity contribution in [1.29, 1.82) is 0 Å². The first-order valence-electron chi connectivity index (χ1n) is 11.5. The van der Waals surface area contributed by atoms with Gasteiger partial charge in [0.25, 0.3) is 10.0 Å². The normalized spacial score (nSPS) is 18.1. The quantitative estimate of drug-likeness (QED) is 0.496. The number of rotatable bonds is 6. The zero-order chi connectivity index (χ0) is 25.5. The fourth-order valence-electron chi connectivity index (χ4n) is 4.97. The second-order valence-electron chi connectivity index (χ2n) is 8.87. The van der Waals surface area contributed by atoms with Gasteiger partial charge in [-0.15, -0.1) is 0 Å². The van der Waals surface area contributed by atoms with Crippen molar-refractivity contribution >= 4 is 27.6 Å². The van der Waals surface area contributed by atoms with Gasteiger partial charge in [-0.25, -0.2) is 13.2 Å². The van der Waals surface area contributed by atoms with Crippen molar-refractivity contribution in [2.24, 2.45) is 5.41 Å². The highest BCUT2D eigenvalue weighted by Gasteiger charge is 2.50. The lowest BCUT2D eigenvalue weighted by Crippen LogP contribution is -2.46. The summed E-state index contributed by atoms with van der Waals surface area (Å²) >= 11 is 0. The first-order valence-corrected chi connectivity index (χ1v) is 12.9. The van der Waals surface area contributed by atoms with E-state index in [0.29, 0.717) is 31.6 Å². The first-order chi connectivity index (χ1) is 17.3. The fraction of sp³-hybridized carbons (Fsp3) is 0.375. The van der Waals surface area contributed by atoms with Crippen molar-refractivity contribution in [2.45, 2.75) is 24.4 Å². The predicted octanol–water partition coefficient (Wildman–Crippen LogP) is 2.67. The van der Waals surface area contributed by atoms with Gasteiger partial charge in [0, 0.05) is 48.7 Å². The Hall–Kier alpha value is -3.64. The van der Waals surface area contributed by atoms with E-state index in [1.54, 1.807) is 24.4 Å². The standard InChI is InChI=1S/C24H26N4O7S/c1-33-20-13-17(3-4-18(20)16-14-25-26-15-16)28-12-9-24(23(28)30)7-10-27(11-8-24)36(31,32)21-6-5-19(35-21)22(29)34-2/h3-6,13-15H,7-12H2,1-2H3,(H,25,26). The van der Waals surface area contributed by atoms with E-state index in [-0.39, 0.29) is 29.8 Å². The molecule has 36 heavy (non-hydrogen) atoms. The van der Waals surface area contributed by atoms with Crippen LogP contribution in [0.15, 0.2) is 52.2 Å². The number of esters is 1. The Kier molecular flexibility index (Phi) is 6.08. The molecule has 2 fully saturated rings. The molecule has 190 valence electrons. The van der Waals surface area contributed by atoms with E-state index in [1.807, 2.05) is 18.2 Å². The van der Waals surface area contributed by atoms with Crippen LogP contribution in [-0.4, -0.2) is 68.7 Å². The van der Waals surface area contributed by atoms with Crippen molar-refractivity contribution in [2.75, 3.05) is 38.8 Å². The molecule has 1 N–H and O–H groups in total. The summed E-state index contributed by atoms with van der Waals surface area (Å²) in [6.07, 6.45) is 4.91. The van der Waals surface area contributed by atoms with E-state index in [1.165, 1.54) is 23.5 Å². The maximum atomic E-state index is 13.6. The minimum atomic E-state index is -3.94. The average molecular weight is 515 g/mol. The van der Waals surface area contributed by atoms with Crippen molar-refractivity contribution < 1.29 is 31.9 Å². The van der Waals surface area contributed by atoms with Gasteiger partial charge in [-0.05, 0) is 43.5 Å². The molecule has 0 unspecified atom stereocenters. The molecule has 0 bridgehead atoms. The number of methoxy groups -OCH3 is 2. The Morgan fingerprint density at radius 1 is 1.11 bits per heavy atom. The maximum absolute atomic E-state index is 13.6. The van der Waals surface area contributed by atoms with E-state index in [4.69, 9.17) is 9.15 Å². The van der Waals surface area contributed by atoms with Crippen LogP contribution in [0, 0.1) is 5.41 Å². The number of benzene rings is 1. The monoisotopic (exact) mass is 514 g/mol. The number of hydrogen-bond donors (Lipinski definition) is 1. The lowest BCUT2D eigenvalue weighted by molar-refractivity contribution is -0.127. The van der Waals surface area contributed by atoms with Gasteiger partial charge in [0.05, 0.1) is 25.8 Å². The highest BCUT2D eigenvalue weighted by molar-refractivity contribution is 7.89. The molecule has 4 heterocycles. The third-order valence-corrected chi connectivity index (χ3v) is 8.83. The SMILES string of the molecule is COC(=O)c1ccc(S(=O)(=O)N2CCC3(CCN(c4ccc(-c5cn[nH]c5)c(OC)c4)C3=O)CC2)o1. The van der Waals surface area contributed by atoms with E-state index in [2.05, 4.69) is 14.9 Å². The molecule has 11 nitrogen and oxygen atoms in total. The summed E-state index contributed by atoms with van der Waals surface area (Å²) in [7, 11) is -1.17. The molecular weight excluding hydrogens is 488 g/mol. The first kappa shape index (κ1) is 24.1. The third-order valence-electron chi connectivity index (χ3n) is 7.06. The van der Waals surface area contributed by atoms with Crippen molar-refractivity contribution in [1.82, 2.24) is 14.5 Å². The summed E-state index contributed by atoms with van der Waals surface area (Å²) in [5, 5.41) is 6.45. The molecule has 2 aromatic heterocycles. The number of aromatic nitrogens is 2. The topological polar surface area (TPSA) is 135 Å². The van der Waals surface area contributed by atoms with Gasteiger partial charge in [0.2, 0.25) is 16.8 Å². The van der Waals surface area contributed by atoms with Crippen LogP contribution in [0.2, 0.25) is 0 Å². The number of nitrogens with one attached hydrogen (secondary N) is 1. The number of amides is 1. The van der Waals surface area contributed by atoms with Gasteiger partial charge in [-0.3, -0.25) is 9.89 Å². The maximum Gasteiger partial charge on any atom is 0.374 e. The minimum absolute atomic E-state index is 0.0105. The van der Waals surface area contributed by atoms with Gasteiger partial charge >= 0.3 is 5.97 Å². The molecule has 0 radical (unpaired) electrons. The van der Waals surface area contributed by atoms with Crippen LogP contribution in [0.4, 0.5) is 5.69 Å². The van der Waals surface area contributed by atoms with E-state index >= 15 is 0 Å². The van der Waals surface area contributed by atoms with Crippen LogP contribution in [0.25, 0.3) is 11.1 Å². The zero-order valence-electron chi connectivity index (χ0n) is 19.9. The summed E-state index contributed by atoms with van der Waals surface area (Å²) in [5.74, 6) is -0.308. The van der Waals surface area contributed by atoms with Gasteiger partial charge in [0.15, 0.2) is 0 Å². The Morgan fingerprint density at radius 2 is 1.86 bits per heavy atom. The number of H-pyrrole nitrogens is 1. The smallest absolute Gasteiger partial charge is 0.374 e. The van der Waals surface area contributed by atoms with E-state index in [0.717, 1.165) is 16.8 Å².